The Kier molecular flexibility index (Phi) is 6.48. The SMILES string of the molecule is O=C(CSc1nnnn1CC1CCCO1)NCc1ccc(-c2ccc(Cl)cc2)o1. The van der Waals surface area contributed by atoms with Crippen molar-refractivity contribution in [3.05, 3.63) is 47.2 Å². The van der Waals surface area contributed by atoms with Crippen LogP contribution in [0.1, 0.15) is 18.6 Å². The van der Waals surface area contributed by atoms with E-state index in [0.29, 0.717) is 29.0 Å². The van der Waals surface area contributed by atoms with Crippen LogP contribution in [0.25, 0.3) is 11.3 Å². The molecule has 1 atom stereocenters. The third kappa shape index (κ3) is 5.37. The minimum Gasteiger partial charge on any atom is -0.459 e. The lowest BCUT2D eigenvalue weighted by Gasteiger charge is -2.09. The average Bonchev–Trinajstić information content (AvgIpc) is 3.48. The first kappa shape index (κ1) is 19.9. The Morgan fingerprint density at radius 3 is 2.93 bits per heavy atom. The lowest BCUT2D eigenvalue weighted by atomic mass is 10.2. The number of nitrogens with zero attached hydrogens (tertiary/aromatic N) is 4. The van der Waals surface area contributed by atoms with Crippen LogP contribution in [0.4, 0.5) is 0 Å². The minimum atomic E-state index is -0.119. The molecule has 0 spiro atoms. The van der Waals surface area contributed by atoms with Gasteiger partial charge in [0.15, 0.2) is 0 Å². The molecule has 0 saturated carbocycles. The zero-order chi connectivity index (χ0) is 20.1. The topological polar surface area (TPSA) is 95.1 Å². The number of hydrogen-bond donors (Lipinski definition) is 1. The first-order chi connectivity index (χ1) is 14.2. The number of aromatic nitrogens is 4. The van der Waals surface area contributed by atoms with E-state index in [9.17, 15) is 4.79 Å². The van der Waals surface area contributed by atoms with E-state index >= 15 is 0 Å². The van der Waals surface area contributed by atoms with Gasteiger partial charge in [-0.2, -0.15) is 0 Å². The molecular weight excluding hydrogens is 414 g/mol. The van der Waals surface area contributed by atoms with Crippen LogP contribution in [0.5, 0.6) is 0 Å². The predicted octanol–water partition coefficient (Wildman–Crippen LogP) is 3.17. The Morgan fingerprint density at radius 1 is 1.28 bits per heavy atom. The van der Waals surface area contributed by atoms with Gasteiger partial charge in [-0.15, -0.1) is 5.10 Å². The Balaban J connectivity index is 1.25. The highest BCUT2D eigenvalue weighted by molar-refractivity contribution is 7.99. The van der Waals surface area contributed by atoms with Crippen LogP contribution in [0.2, 0.25) is 5.02 Å². The number of rotatable bonds is 8. The van der Waals surface area contributed by atoms with Gasteiger partial charge >= 0.3 is 0 Å². The highest BCUT2D eigenvalue weighted by Crippen LogP contribution is 2.24. The highest BCUT2D eigenvalue weighted by atomic mass is 35.5. The molecule has 0 radical (unpaired) electrons. The van der Waals surface area contributed by atoms with Gasteiger partial charge < -0.3 is 14.5 Å². The number of hydrogen-bond acceptors (Lipinski definition) is 7. The molecule has 29 heavy (non-hydrogen) atoms. The van der Waals surface area contributed by atoms with Crippen molar-refractivity contribution in [3.63, 3.8) is 0 Å². The summed E-state index contributed by atoms with van der Waals surface area (Å²) in [7, 11) is 0. The Labute approximate surface area is 176 Å². The van der Waals surface area contributed by atoms with Gasteiger partial charge in [0.05, 0.1) is 24.9 Å². The van der Waals surface area contributed by atoms with Crippen molar-refractivity contribution in [1.82, 2.24) is 25.5 Å². The van der Waals surface area contributed by atoms with Crippen molar-refractivity contribution in [2.75, 3.05) is 12.4 Å². The summed E-state index contributed by atoms with van der Waals surface area (Å²) in [6, 6.07) is 11.1. The fourth-order valence-electron chi connectivity index (χ4n) is 3.00. The molecule has 1 unspecified atom stereocenters. The van der Waals surface area contributed by atoms with Crippen LogP contribution >= 0.6 is 23.4 Å². The van der Waals surface area contributed by atoms with E-state index in [1.165, 1.54) is 11.8 Å². The average molecular weight is 434 g/mol. The van der Waals surface area contributed by atoms with E-state index in [1.807, 2.05) is 36.4 Å². The van der Waals surface area contributed by atoms with E-state index in [1.54, 1.807) is 4.68 Å². The molecule has 0 aliphatic carbocycles. The van der Waals surface area contributed by atoms with Crippen LogP contribution in [0, 0.1) is 0 Å². The highest BCUT2D eigenvalue weighted by Gasteiger charge is 2.19. The Morgan fingerprint density at radius 2 is 2.14 bits per heavy atom. The van der Waals surface area contributed by atoms with Crippen LogP contribution in [0.15, 0.2) is 46.0 Å². The summed E-state index contributed by atoms with van der Waals surface area (Å²) in [6.45, 7) is 1.70. The van der Waals surface area contributed by atoms with Gasteiger partial charge in [-0.3, -0.25) is 4.79 Å². The molecule has 3 aromatic rings. The Hall–Kier alpha value is -2.36. The molecule has 1 fully saturated rings. The van der Waals surface area contributed by atoms with Crippen LogP contribution in [-0.4, -0.2) is 44.6 Å². The number of benzene rings is 1. The molecular formula is C19H20ClN5O3S. The number of carbonyl (C=O) groups excluding carboxylic acids is 1. The first-order valence-electron chi connectivity index (χ1n) is 9.29. The monoisotopic (exact) mass is 433 g/mol. The second-order valence-electron chi connectivity index (χ2n) is 6.62. The quantitative estimate of drug-likeness (QED) is 0.545. The van der Waals surface area contributed by atoms with Crippen LogP contribution < -0.4 is 5.32 Å². The molecule has 4 rings (SSSR count). The Bertz CT molecular complexity index is 953. The van der Waals surface area contributed by atoms with Gasteiger partial charge in [-0.25, -0.2) is 4.68 Å². The summed E-state index contributed by atoms with van der Waals surface area (Å²) in [5.41, 5.74) is 0.931. The molecule has 1 amide bonds. The van der Waals surface area contributed by atoms with Gasteiger partial charge in [-0.05, 0) is 59.7 Å². The fraction of sp³-hybridized carbons (Fsp3) is 0.368. The molecule has 3 heterocycles. The number of thioether (sulfide) groups is 1. The van der Waals surface area contributed by atoms with E-state index in [4.69, 9.17) is 20.8 Å². The largest absolute Gasteiger partial charge is 0.459 e. The number of nitrogens with one attached hydrogen (secondary N) is 1. The van der Waals surface area contributed by atoms with Gasteiger partial charge in [0.25, 0.3) is 0 Å². The van der Waals surface area contributed by atoms with E-state index < -0.39 is 0 Å². The summed E-state index contributed by atoms with van der Waals surface area (Å²) >= 11 is 7.21. The van der Waals surface area contributed by atoms with Crippen LogP contribution in [0.3, 0.4) is 0 Å². The maximum atomic E-state index is 12.2. The molecule has 0 bridgehead atoms. The van der Waals surface area contributed by atoms with Crippen molar-refractivity contribution in [2.45, 2.75) is 37.2 Å². The van der Waals surface area contributed by atoms with E-state index in [2.05, 4.69) is 20.8 Å². The normalized spacial score (nSPS) is 16.2. The first-order valence-corrected chi connectivity index (χ1v) is 10.7. The minimum absolute atomic E-state index is 0.119. The third-order valence-electron chi connectivity index (χ3n) is 4.48. The molecule has 1 aliphatic heterocycles. The van der Waals surface area contributed by atoms with Crippen molar-refractivity contribution in [2.24, 2.45) is 0 Å². The summed E-state index contributed by atoms with van der Waals surface area (Å²) in [4.78, 5) is 12.2. The van der Waals surface area contributed by atoms with E-state index in [-0.39, 0.29) is 17.8 Å². The van der Waals surface area contributed by atoms with E-state index in [0.717, 1.165) is 30.8 Å². The number of halogens is 1. The molecule has 8 nitrogen and oxygen atoms in total. The molecule has 1 aromatic carbocycles. The molecule has 2 aromatic heterocycles. The second kappa shape index (κ2) is 9.43. The third-order valence-corrected chi connectivity index (χ3v) is 5.69. The molecule has 1 aliphatic rings. The van der Waals surface area contributed by atoms with Gasteiger partial charge in [0.2, 0.25) is 11.1 Å². The van der Waals surface area contributed by atoms with Crippen molar-refractivity contribution in [1.29, 1.82) is 0 Å². The molecule has 1 saturated heterocycles. The van der Waals surface area contributed by atoms with Gasteiger partial charge in [0.1, 0.15) is 11.5 Å². The molecule has 10 heteroatoms. The lowest BCUT2D eigenvalue weighted by molar-refractivity contribution is -0.118. The fourth-order valence-corrected chi connectivity index (χ4v) is 3.85. The zero-order valence-corrected chi connectivity index (χ0v) is 17.2. The van der Waals surface area contributed by atoms with Crippen molar-refractivity contribution in [3.8, 4) is 11.3 Å². The predicted molar refractivity (Wildman–Crippen MR) is 109 cm³/mol. The smallest absolute Gasteiger partial charge is 0.230 e. The maximum absolute atomic E-state index is 12.2. The van der Waals surface area contributed by atoms with Crippen LogP contribution in [-0.2, 0) is 22.6 Å². The summed E-state index contributed by atoms with van der Waals surface area (Å²) < 4.78 is 13.1. The lowest BCUT2D eigenvalue weighted by Crippen LogP contribution is -2.24. The van der Waals surface area contributed by atoms with Crippen molar-refractivity contribution >= 4 is 29.3 Å². The number of tetrazole rings is 1. The summed E-state index contributed by atoms with van der Waals surface area (Å²) in [6.07, 6.45) is 2.20. The second-order valence-corrected chi connectivity index (χ2v) is 8.00. The van der Waals surface area contributed by atoms with Crippen molar-refractivity contribution < 1.29 is 13.9 Å². The number of carbonyl (C=O) groups is 1. The van der Waals surface area contributed by atoms with Gasteiger partial charge in [0, 0.05) is 17.2 Å². The summed E-state index contributed by atoms with van der Waals surface area (Å²) in [5.74, 6) is 1.51. The zero-order valence-electron chi connectivity index (χ0n) is 15.6. The molecule has 1 N–H and O–H groups in total. The van der Waals surface area contributed by atoms with Gasteiger partial charge in [-0.1, -0.05) is 23.4 Å². The molecule has 152 valence electrons. The maximum Gasteiger partial charge on any atom is 0.230 e. The number of amides is 1. The number of ether oxygens (including phenoxy) is 1. The standard InChI is InChI=1S/C19H20ClN5O3S/c20-14-5-3-13(4-6-14)17-8-7-15(28-17)10-21-18(26)12-29-19-22-23-24-25(19)11-16-2-1-9-27-16/h3-8,16H,1-2,9-12H2,(H,21,26). The summed E-state index contributed by atoms with van der Waals surface area (Å²) in [5, 5.41) is 15.8. The number of furan rings is 1.